The summed E-state index contributed by atoms with van der Waals surface area (Å²) in [6.45, 7) is 4.04. The molecule has 3 aliphatic heterocycles. The first kappa shape index (κ1) is 24.6. The van der Waals surface area contributed by atoms with E-state index >= 15 is 0 Å². The number of allylic oxidation sites excluding steroid dienone is 1. The van der Waals surface area contributed by atoms with E-state index in [0.717, 1.165) is 40.9 Å². The highest BCUT2D eigenvalue weighted by molar-refractivity contribution is 5.97. The minimum atomic E-state index is -0.511. The van der Waals surface area contributed by atoms with Crippen LogP contribution in [0.2, 0.25) is 0 Å². The molecule has 0 fully saturated rings. The number of likely N-dealkylation sites (N-methyl/N-ethyl adjacent to an activating group) is 1. The van der Waals surface area contributed by atoms with Gasteiger partial charge in [0.25, 0.3) is 0 Å². The summed E-state index contributed by atoms with van der Waals surface area (Å²) in [6, 6.07) is 5.56. The Morgan fingerprint density at radius 1 is 1.08 bits per heavy atom. The molecule has 0 radical (unpaired) electrons. The quantitative estimate of drug-likeness (QED) is 0.525. The van der Waals surface area contributed by atoms with Crippen LogP contribution in [-0.2, 0) is 25.4 Å². The molecule has 0 spiro atoms. The van der Waals surface area contributed by atoms with Crippen LogP contribution in [0.3, 0.4) is 0 Å². The Hall–Kier alpha value is -3.72. The molecular weight excluding hydrogens is 488 g/mol. The number of carbonyl (C=O) groups is 1. The lowest BCUT2D eigenvalue weighted by molar-refractivity contribution is -0.142. The number of ether oxygens (including phenoxy) is 6. The van der Waals surface area contributed by atoms with Crippen molar-refractivity contribution in [2.75, 3.05) is 47.6 Å². The van der Waals surface area contributed by atoms with Gasteiger partial charge in [-0.05, 0) is 50.1 Å². The van der Waals surface area contributed by atoms with Crippen LogP contribution >= 0.6 is 0 Å². The summed E-state index contributed by atoms with van der Waals surface area (Å²) in [5.41, 5.74) is 5.17. The smallest absolute Gasteiger partial charge is 0.342 e. The fourth-order valence-electron chi connectivity index (χ4n) is 6.17. The summed E-state index contributed by atoms with van der Waals surface area (Å²) in [4.78, 5) is 20.2. The van der Waals surface area contributed by atoms with E-state index < -0.39 is 12.1 Å². The molecule has 200 valence electrons. The number of carbonyl (C=O) groups excluding carboxylic acids is 1. The Morgan fingerprint density at radius 2 is 1.89 bits per heavy atom. The van der Waals surface area contributed by atoms with E-state index in [4.69, 9.17) is 28.4 Å². The fraction of sp³-hybridized carbons (Fsp3) is 0.448. The van der Waals surface area contributed by atoms with Crippen molar-refractivity contribution >= 4 is 5.97 Å². The minimum Gasteiger partial charge on any atom is -0.497 e. The van der Waals surface area contributed by atoms with Crippen molar-refractivity contribution in [3.05, 3.63) is 58.2 Å². The number of aromatic nitrogens is 1. The summed E-state index contributed by atoms with van der Waals surface area (Å²) in [6.07, 6.45) is 3.30. The number of pyridine rings is 1. The Bertz CT molecular complexity index is 1330. The molecule has 6 rings (SSSR count). The molecule has 0 N–H and O–H groups in total. The zero-order valence-electron chi connectivity index (χ0n) is 22.2. The number of fused-ring (bicyclic) bond motifs is 2. The fourth-order valence-corrected chi connectivity index (χ4v) is 6.17. The Labute approximate surface area is 221 Å². The van der Waals surface area contributed by atoms with Crippen molar-refractivity contribution in [3.8, 4) is 28.5 Å². The molecule has 4 heterocycles. The maximum atomic E-state index is 13.3. The molecule has 0 bridgehead atoms. The van der Waals surface area contributed by atoms with Gasteiger partial charge in [-0.1, -0.05) is 6.07 Å². The van der Waals surface area contributed by atoms with E-state index in [1.807, 2.05) is 25.1 Å². The standard InChI is InChI=1S/C29H32N2O7/c1-5-35-27-21-16(20(18-8-6-7-12-30-18)26-28(27)37-15-14-36-26)11-13-31(2)23(21)24-17-9-10-19(33-3)25(34-4)22(17)29(32)38-24/h6-8,12,23-24H,5,9-11,13-15H2,1-4H3. The number of methoxy groups -OCH3 is 2. The lowest BCUT2D eigenvalue weighted by Crippen LogP contribution is -2.41. The zero-order valence-corrected chi connectivity index (χ0v) is 22.2. The molecule has 1 aromatic carbocycles. The number of hydrogen-bond acceptors (Lipinski definition) is 9. The van der Waals surface area contributed by atoms with Crippen LogP contribution in [0.4, 0.5) is 0 Å². The SMILES string of the molecule is CCOc1c2c(c(-c3ccccn3)c3c1C(C1OC(=O)C4=C1CCC(OC)=C4OC)N(C)CC3)OCCO2. The summed E-state index contributed by atoms with van der Waals surface area (Å²) in [5, 5.41) is 0. The van der Waals surface area contributed by atoms with E-state index in [2.05, 4.69) is 16.9 Å². The maximum absolute atomic E-state index is 13.3. The van der Waals surface area contributed by atoms with Gasteiger partial charge >= 0.3 is 5.97 Å². The lowest BCUT2D eigenvalue weighted by atomic mass is 9.80. The number of esters is 1. The Morgan fingerprint density at radius 3 is 2.61 bits per heavy atom. The molecule has 0 saturated heterocycles. The van der Waals surface area contributed by atoms with E-state index in [9.17, 15) is 4.79 Å². The maximum Gasteiger partial charge on any atom is 0.342 e. The van der Waals surface area contributed by atoms with Gasteiger partial charge in [0, 0.05) is 30.3 Å². The first-order valence-corrected chi connectivity index (χ1v) is 13.1. The van der Waals surface area contributed by atoms with Gasteiger partial charge in [-0.2, -0.15) is 0 Å². The first-order chi connectivity index (χ1) is 18.6. The summed E-state index contributed by atoms with van der Waals surface area (Å²) >= 11 is 0. The summed E-state index contributed by atoms with van der Waals surface area (Å²) in [7, 11) is 5.22. The molecule has 9 heteroatoms. The molecule has 4 aliphatic rings. The van der Waals surface area contributed by atoms with Gasteiger partial charge in [-0.15, -0.1) is 0 Å². The summed E-state index contributed by atoms with van der Waals surface area (Å²) < 4.78 is 36.1. The molecular formula is C29H32N2O7. The highest BCUT2D eigenvalue weighted by atomic mass is 16.6. The van der Waals surface area contributed by atoms with Crippen molar-refractivity contribution in [1.82, 2.24) is 9.88 Å². The second kappa shape index (κ2) is 9.87. The molecule has 38 heavy (non-hydrogen) atoms. The second-order valence-corrected chi connectivity index (χ2v) is 9.66. The third-order valence-electron chi connectivity index (χ3n) is 7.72. The Kier molecular flexibility index (Phi) is 6.39. The minimum absolute atomic E-state index is 0.294. The van der Waals surface area contributed by atoms with E-state index in [-0.39, 0.29) is 6.04 Å². The van der Waals surface area contributed by atoms with Crippen LogP contribution in [-0.4, -0.2) is 69.6 Å². The van der Waals surface area contributed by atoms with Crippen molar-refractivity contribution in [2.45, 2.75) is 38.3 Å². The van der Waals surface area contributed by atoms with Gasteiger partial charge in [-0.25, -0.2) is 4.79 Å². The molecule has 2 unspecified atom stereocenters. The van der Waals surface area contributed by atoms with Crippen LogP contribution < -0.4 is 14.2 Å². The van der Waals surface area contributed by atoms with Crippen molar-refractivity contribution < 1.29 is 33.2 Å². The number of cyclic esters (lactones) is 1. The first-order valence-electron chi connectivity index (χ1n) is 13.1. The van der Waals surface area contributed by atoms with Gasteiger partial charge in [0.1, 0.15) is 30.6 Å². The average Bonchev–Trinajstić information content (AvgIpc) is 3.28. The molecule has 9 nitrogen and oxygen atoms in total. The molecule has 1 aliphatic carbocycles. The van der Waals surface area contributed by atoms with Crippen LogP contribution in [0, 0.1) is 0 Å². The monoisotopic (exact) mass is 520 g/mol. The third-order valence-corrected chi connectivity index (χ3v) is 7.72. The highest BCUT2D eigenvalue weighted by Gasteiger charge is 2.49. The normalized spacial score (nSPS) is 22.6. The lowest BCUT2D eigenvalue weighted by Gasteiger charge is -2.41. The summed E-state index contributed by atoms with van der Waals surface area (Å²) in [5.74, 6) is 2.62. The topological polar surface area (TPSA) is 88.6 Å². The van der Waals surface area contributed by atoms with E-state index in [1.54, 1.807) is 20.4 Å². The van der Waals surface area contributed by atoms with Crippen LogP contribution in [0.15, 0.2) is 47.1 Å². The predicted octanol–water partition coefficient (Wildman–Crippen LogP) is 3.97. The molecule has 2 atom stereocenters. The van der Waals surface area contributed by atoms with Gasteiger partial charge in [0.2, 0.25) is 5.75 Å². The van der Waals surface area contributed by atoms with Crippen molar-refractivity contribution in [2.24, 2.45) is 0 Å². The molecule has 0 saturated carbocycles. The van der Waals surface area contributed by atoms with Gasteiger partial charge < -0.3 is 28.4 Å². The highest BCUT2D eigenvalue weighted by Crippen LogP contribution is 2.56. The largest absolute Gasteiger partial charge is 0.497 e. The molecule has 2 aromatic rings. The van der Waals surface area contributed by atoms with E-state index in [1.165, 1.54) is 0 Å². The van der Waals surface area contributed by atoms with Crippen molar-refractivity contribution in [1.29, 1.82) is 0 Å². The zero-order chi connectivity index (χ0) is 26.4. The molecule has 0 amide bonds. The van der Waals surface area contributed by atoms with Crippen LogP contribution in [0.1, 0.15) is 36.9 Å². The van der Waals surface area contributed by atoms with Crippen molar-refractivity contribution in [3.63, 3.8) is 0 Å². The van der Waals surface area contributed by atoms with Gasteiger partial charge in [0.15, 0.2) is 17.3 Å². The Balaban J connectivity index is 1.59. The average molecular weight is 521 g/mol. The number of nitrogens with zero attached hydrogens (tertiary/aromatic N) is 2. The van der Waals surface area contributed by atoms with Gasteiger partial charge in [-0.3, -0.25) is 9.88 Å². The third kappa shape index (κ3) is 3.71. The van der Waals surface area contributed by atoms with Crippen LogP contribution in [0.5, 0.6) is 17.2 Å². The number of hydrogen-bond donors (Lipinski definition) is 0. The number of benzene rings is 1. The predicted molar refractivity (Wildman–Crippen MR) is 138 cm³/mol. The van der Waals surface area contributed by atoms with Gasteiger partial charge in [0.05, 0.1) is 32.6 Å². The van der Waals surface area contributed by atoms with Crippen LogP contribution in [0.25, 0.3) is 11.3 Å². The molecule has 1 aromatic heterocycles. The number of rotatable bonds is 6. The second-order valence-electron chi connectivity index (χ2n) is 9.66. The van der Waals surface area contributed by atoms with E-state index in [0.29, 0.717) is 67.0 Å².